The Bertz CT molecular complexity index is 281. The van der Waals surface area contributed by atoms with Crippen molar-refractivity contribution in [1.29, 1.82) is 0 Å². The van der Waals surface area contributed by atoms with Crippen molar-refractivity contribution in [3.05, 3.63) is 12.2 Å². The minimum absolute atomic E-state index is 0.289. The maximum absolute atomic E-state index is 11.7. The molecule has 88 valence electrons. The molecule has 0 saturated carbocycles. The third-order valence-electron chi connectivity index (χ3n) is 1.66. The van der Waals surface area contributed by atoms with Crippen LogP contribution in [0.1, 0.15) is 34.1 Å². The molecule has 2 atom stereocenters. The lowest BCUT2D eigenvalue weighted by Gasteiger charge is -2.21. The summed E-state index contributed by atoms with van der Waals surface area (Å²) in [5.41, 5.74) is 0.751. The van der Waals surface area contributed by atoms with Gasteiger partial charge in [-0.3, -0.25) is 4.79 Å². The van der Waals surface area contributed by atoms with E-state index in [4.69, 9.17) is 5.11 Å². The van der Waals surface area contributed by atoms with Gasteiger partial charge in [0.1, 0.15) is 6.04 Å². The second-order valence-corrected chi connectivity index (χ2v) is 6.55. The van der Waals surface area contributed by atoms with E-state index in [1.165, 1.54) is 0 Å². The molecule has 0 radical (unpaired) electrons. The van der Waals surface area contributed by atoms with E-state index >= 15 is 0 Å². The average Bonchev–Trinajstić information content (AvgIpc) is 1.99. The van der Waals surface area contributed by atoms with Gasteiger partial charge >= 0.3 is 5.97 Å². The molecule has 0 aromatic carbocycles. The third kappa shape index (κ3) is 5.69. The van der Waals surface area contributed by atoms with E-state index in [1.54, 1.807) is 27.7 Å². The Labute approximate surface area is 93.3 Å². The summed E-state index contributed by atoms with van der Waals surface area (Å²) >= 11 is 0. The van der Waals surface area contributed by atoms with Crippen molar-refractivity contribution in [3.8, 4) is 0 Å². The highest BCUT2D eigenvalue weighted by atomic mass is 32.2. The van der Waals surface area contributed by atoms with Crippen LogP contribution in [0.2, 0.25) is 0 Å². The van der Waals surface area contributed by atoms with Crippen LogP contribution < -0.4 is 4.72 Å². The van der Waals surface area contributed by atoms with Crippen molar-refractivity contribution in [2.45, 2.75) is 44.9 Å². The predicted molar refractivity (Wildman–Crippen MR) is 61.9 cm³/mol. The van der Waals surface area contributed by atoms with Crippen LogP contribution in [0.4, 0.5) is 0 Å². The van der Waals surface area contributed by atoms with E-state index in [1.807, 2.05) is 0 Å². The van der Waals surface area contributed by atoms with Gasteiger partial charge in [0, 0.05) is 0 Å². The van der Waals surface area contributed by atoms with Crippen LogP contribution in [0.5, 0.6) is 0 Å². The summed E-state index contributed by atoms with van der Waals surface area (Å²) in [5, 5.41) is 8.90. The first-order valence-electron chi connectivity index (χ1n) is 4.70. The van der Waals surface area contributed by atoms with Crippen LogP contribution in [0.15, 0.2) is 12.2 Å². The van der Waals surface area contributed by atoms with Crippen LogP contribution in [-0.2, 0) is 15.8 Å². The molecule has 0 heterocycles. The molecule has 0 aliphatic carbocycles. The van der Waals surface area contributed by atoms with Crippen molar-refractivity contribution in [3.63, 3.8) is 0 Å². The Balaban J connectivity index is 4.50. The van der Waals surface area contributed by atoms with Crippen LogP contribution >= 0.6 is 0 Å². The van der Waals surface area contributed by atoms with Gasteiger partial charge in [-0.1, -0.05) is 5.57 Å². The molecule has 4 nitrogen and oxygen atoms in total. The summed E-state index contributed by atoms with van der Waals surface area (Å²) in [4.78, 5) is 10.9. The average molecular weight is 233 g/mol. The quantitative estimate of drug-likeness (QED) is 0.706. The number of aliphatic carboxylic acids is 1. The fourth-order valence-corrected chi connectivity index (χ4v) is 1.63. The zero-order valence-electron chi connectivity index (χ0n) is 9.66. The summed E-state index contributed by atoms with van der Waals surface area (Å²) in [5.74, 6) is -1.00. The molecule has 0 aliphatic rings. The second kappa shape index (κ2) is 5.42. The molecular formula is C10H19NO3S. The number of carbonyl (C=O) groups is 1. The number of rotatable bonds is 5. The second-order valence-electron chi connectivity index (χ2n) is 4.55. The number of carboxylic acids is 1. The highest BCUT2D eigenvalue weighted by Gasteiger charge is 2.26. The van der Waals surface area contributed by atoms with Crippen molar-refractivity contribution in [1.82, 2.24) is 4.72 Å². The summed E-state index contributed by atoms with van der Waals surface area (Å²) in [6.07, 6.45) is 0.289. The van der Waals surface area contributed by atoms with Crippen molar-refractivity contribution >= 4 is 17.0 Å². The number of nitrogens with one attached hydrogen (secondary N) is 1. The number of hydrogen-bond acceptors (Lipinski definition) is 2. The summed E-state index contributed by atoms with van der Waals surface area (Å²) < 4.78 is 13.8. The van der Waals surface area contributed by atoms with Gasteiger partial charge in [-0.15, -0.1) is 6.58 Å². The Morgan fingerprint density at radius 2 is 2.00 bits per heavy atom. The van der Waals surface area contributed by atoms with E-state index in [0.29, 0.717) is 0 Å². The van der Waals surface area contributed by atoms with Gasteiger partial charge in [0.05, 0.1) is 15.7 Å². The first kappa shape index (κ1) is 14.3. The first-order valence-corrected chi connectivity index (χ1v) is 5.85. The van der Waals surface area contributed by atoms with Crippen molar-refractivity contribution in [2.75, 3.05) is 0 Å². The van der Waals surface area contributed by atoms with E-state index in [0.717, 1.165) is 5.57 Å². The van der Waals surface area contributed by atoms with Crippen LogP contribution in [0.25, 0.3) is 0 Å². The van der Waals surface area contributed by atoms with Crippen molar-refractivity contribution in [2.24, 2.45) is 0 Å². The fourth-order valence-electron chi connectivity index (χ4n) is 0.834. The lowest BCUT2D eigenvalue weighted by atomic mass is 10.1. The van der Waals surface area contributed by atoms with E-state index in [-0.39, 0.29) is 6.42 Å². The minimum Gasteiger partial charge on any atom is -0.480 e. The molecule has 0 fully saturated rings. The van der Waals surface area contributed by atoms with E-state index < -0.39 is 27.7 Å². The molecule has 0 amide bonds. The van der Waals surface area contributed by atoms with Crippen LogP contribution in [0.3, 0.4) is 0 Å². The molecule has 0 saturated heterocycles. The molecule has 0 spiro atoms. The van der Waals surface area contributed by atoms with E-state index in [2.05, 4.69) is 11.3 Å². The monoisotopic (exact) mass is 233 g/mol. The molecule has 0 rings (SSSR count). The Morgan fingerprint density at radius 1 is 1.53 bits per heavy atom. The lowest BCUT2D eigenvalue weighted by Crippen LogP contribution is -2.43. The first-order chi connectivity index (χ1) is 6.64. The highest BCUT2D eigenvalue weighted by molar-refractivity contribution is 7.84. The van der Waals surface area contributed by atoms with Crippen molar-refractivity contribution < 1.29 is 14.1 Å². The molecule has 0 unspecified atom stereocenters. The Morgan fingerprint density at radius 3 is 2.27 bits per heavy atom. The lowest BCUT2D eigenvalue weighted by molar-refractivity contribution is -0.138. The van der Waals surface area contributed by atoms with Crippen LogP contribution in [0, 0.1) is 0 Å². The largest absolute Gasteiger partial charge is 0.480 e. The molecular weight excluding hydrogens is 214 g/mol. The van der Waals surface area contributed by atoms with Gasteiger partial charge in [0.25, 0.3) is 0 Å². The smallest absolute Gasteiger partial charge is 0.321 e. The van der Waals surface area contributed by atoms with Gasteiger partial charge in [0.2, 0.25) is 0 Å². The maximum Gasteiger partial charge on any atom is 0.321 e. The summed E-state index contributed by atoms with van der Waals surface area (Å²) in [6, 6.07) is -0.831. The van der Waals surface area contributed by atoms with Gasteiger partial charge in [-0.2, -0.15) is 0 Å². The van der Waals surface area contributed by atoms with Gasteiger partial charge in [0.15, 0.2) is 0 Å². The standard InChI is InChI=1S/C10H19NO3S/c1-7(2)6-8(9(12)13)11-15(14)10(3,4)5/h8,11H,1,6H2,2-5H3,(H,12,13)/t8-,15-/m1/s1. The van der Waals surface area contributed by atoms with Gasteiger partial charge < -0.3 is 5.11 Å². The summed E-state index contributed by atoms with van der Waals surface area (Å²) in [6.45, 7) is 10.8. The maximum atomic E-state index is 11.7. The van der Waals surface area contributed by atoms with Crippen LogP contribution in [-0.4, -0.2) is 26.1 Å². The SMILES string of the molecule is C=C(C)C[C@@H](N[S@](=O)C(C)(C)C)C(=O)O. The third-order valence-corrected chi connectivity index (χ3v) is 3.27. The Hall–Kier alpha value is -0.680. The van der Waals surface area contributed by atoms with Gasteiger partial charge in [-0.05, 0) is 34.1 Å². The molecule has 2 N–H and O–H groups in total. The number of carboxylic acid groups (broad SMARTS) is 1. The highest BCUT2D eigenvalue weighted by Crippen LogP contribution is 2.11. The van der Waals surface area contributed by atoms with Gasteiger partial charge in [-0.25, -0.2) is 8.93 Å². The summed E-state index contributed by atoms with van der Waals surface area (Å²) in [7, 11) is -1.38. The molecule has 0 aromatic rings. The molecule has 0 aromatic heterocycles. The topological polar surface area (TPSA) is 66.4 Å². The fraction of sp³-hybridized carbons (Fsp3) is 0.700. The molecule has 15 heavy (non-hydrogen) atoms. The zero-order valence-corrected chi connectivity index (χ0v) is 10.5. The normalized spacial score (nSPS) is 15.7. The minimum atomic E-state index is -1.38. The Kier molecular flexibility index (Phi) is 5.17. The number of hydrogen-bond donors (Lipinski definition) is 2. The zero-order chi connectivity index (χ0) is 12.2. The molecule has 0 aliphatic heterocycles. The predicted octanol–water partition coefficient (Wildman–Crippen LogP) is 1.46. The molecule has 0 bridgehead atoms. The van der Waals surface area contributed by atoms with E-state index in [9.17, 15) is 9.00 Å². The molecule has 5 heteroatoms.